The topological polar surface area (TPSA) is 79.5 Å². The molecular formula is C16H16BrNO4. The number of carboxylic acid groups (broad SMARTS) is 1. The van der Waals surface area contributed by atoms with Crippen LogP contribution in [0, 0.1) is 13.8 Å². The van der Waals surface area contributed by atoms with Gasteiger partial charge in [0.1, 0.15) is 11.5 Å². The highest BCUT2D eigenvalue weighted by Gasteiger charge is 2.21. The molecule has 1 amide bonds. The lowest BCUT2D eigenvalue weighted by Crippen LogP contribution is -2.30. The molecule has 2 N–H and O–H groups in total. The Bertz CT molecular complexity index is 691. The number of rotatable bonds is 5. The molecule has 6 heteroatoms. The maximum absolute atomic E-state index is 12.3. The van der Waals surface area contributed by atoms with E-state index in [9.17, 15) is 9.59 Å². The quantitative estimate of drug-likeness (QED) is 0.847. The van der Waals surface area contributed by atoms with Gasteiger partial charge in [0.15, 0.2) is 0 Å². The van der Waals surface area contributed by atoms with Gasteiger partial charge < -0.3 is 14.8 Å². The first-order chi connectivity index (χ1) is 10.4. The second kappa shape index (κ2) is 6.79. The Morgan fingerprint density at radius 2 is 1.91 bits per heavy atom. The number of carboxylic acids is 1. The van der Waals surface area contributed by atoms with Crippen LogP contribution in [-0.2, 0) is 4.79 Å². The Morgan fingerprint density at radius 1 is 1.27 bits per heavy atom. The van der Waals surface area contributed by atoms with Crippen LogP contribution in [0.1, 0.15) is 39.9 Å². The minimum Gasteiger partial charge on any atom is -0.481 e. The van der Waals surface area contributed by atoms with E-state index in [1.54, 1.807) is 32.0 Å². The Balaban J connectivity index is 2.23. The predicted molar refractivity (Wildman–Crippen MR) is 84.8 cm³/mol. The fourth-order valence-corrected chi connectivity index (χ4v) is 2.48. The fraction of sp³-hybridized carbons (Fsp3) is 0.250. The molecule has 0 aliphatic heterocycles. The van der Waals surface area contributed by atoms with Crippen molar-refractivity contribution in [2.75, 3.05) is 0 Å². The molecule has 1 aromatic heterocycles. The molecule has 116 valence electrons. The van der Waals surface area contributed by atoms with Crippen LogP contribution in [0.3, 0.4) is 0 Å². The number of amides is 1. The van der Waals surface area contributed by atoms with Gasteiger partial charge in [0.05, 0.1) is 18.0 Å². The molecule has 1 unspecified atom stereocenters. The van der Waals surface area contributed by atoms with Crippen LogP contribution in [0.15, 0.2) is 39.2 Å². The van der Waals surface area contributed by atoms with Crippen LogP contribution < -0.4 is 5.32 Å². The lowest BCUT2D eigenvalue weighted by atomic mass is 10.0. The molecule has 0 aliphatic rings. The average Bonchev–Trinajstić information content (AvgIpc) is 2.77. The summed E-state index contributed by atoms with van der Waals surface area (Å²) in [5.41, 5.74) is 1.15. The lowest BCUT2D eigenvalue weighted by Gasteiger charge is -2.17. The second-order valence-electron chi connectivity index (χ2n) is 5.00. The van der Waals surface area contributed by atoms with E-state index in [1.165, 1.54) is 0 Å². The summed E-state index contributed by atoms with van der Waals surface area (Å²) in [4.78, 5) is 23.4. The standard InChI is InChI=1S/C16H16BrNO4/c1-9-7-13(10(2)22-9)16(21)18-14(8-15(19)20)11-3-5-12(17)6-4-11/h3-7,14H,8H2,1-2H3,(H,18,21)(H,19,20). The molecule has 22 heavy (non-hydrogen) atoms. The molecule has 0 spiro atoms. The Labute approximate surface area is 136 Å². The maximum Gasteiger partial charge on any atom is 0.305 e. The molecular weight excluding hydrogens is 350 g/mol. The zero-order valence-corrected chi connectivity index (χ0v) is 13.8. The molecule has 5 nitrogen and oxygen atoms in total. The lowest BCUT2D eigenvalue weighted by molar-refractivity contribution is -0.137. The van der Waals surface area contributed by atoms with E-state index in [-0.39, 0.29) is 12.3 Å². The molecule has 2 aromatic rings. The maximum atomic E-state index is 12.3. The first-order valence-corrected chi connectivity index (χ1v) is 7.51. The zero-order chi connectivity index (χ0) is 16.3. The first kappa shape index (κ1) is 16.3. The SMILES string of the molecule is Cc1cc(C(=O)NC(CC(=O)O)c2ccc(Br)cc2)c(C)o1. The normalized spacial score (nSPS) is 12.0. The summed E-state index contributed by atoms with van der Waals surface area (Å²) in [5.74, 6) is -0.169. The van der Waals surface area contributed by atoms with Gasteiger partial charge in [-0.2, -0.15) is 0 Å². The molecule has 2 rings (SSSR count). The van der Waals surface area contributed by atoms with Crippen molar-refractivity contribution >= 4 is 27.8 Å². The van der Waals surface area contributed by atoms with Crippen LogP contribution in [0.5, 0.6) is 0 Å². The van der Waals surface area contributed by atoms with Gasteiger partial charge >= 0.3 is 5.97 Å². The minimum absolute atomic E-state index is 0.191. The Kier molecular flexibility index (Phi) is 5.03. The van der Waals surface area contributed by atoms with Crippen LogP contribution in [-0.4, -0.2) is 17.0 Å². The molecule has 0 radical (unpaired) electrons. The molecule has 0 saturated heterocycles. The second-order valence-corrected chi connectivity index (χ2v) is 5.92. The van der Waals surface area contributed by atoms with Gasteiger partial charge in [-0.25, -0.2) is 0 Å². The van der Waals surface area contributed by atoms with Gasteiger partial charge in [-0.1, -0.05) is 28.1 Å². The van der Waals surface area contributed by atoms with E-state index in [2.05, 4.69) is 21.2 Å². The van der Waals surface area contributed by atoms with E-state index >= 15 is 0 Å². The monoisotopic (exact) mass is 365 g/mol. The largest absolute Gasteiger partial charge is 0.481 e. The first-order valence-electron chi connectivity index (χ1n) is 6.72. The van der Waals surface area contributed by atoms with Gasteiger partial charge in [-0.15, -0.1) is 0 Å². The summed E-state index contributed by atoms with van der Waals surface area (Å²) >= 11 is 3.33. The van der Waals surface area contributed by atoms with E-state index in [4.69, 9.17) is 9.52 Å². The molecule has 1 atom stereocenters. The number of furan rings is 1. The highest BCUT2D eigenvalue weighted by molar-refractivity contribution is 9.10. The summed E-state index contributed by atoms with van der Waals surface area (Å²) in [6.45, 7) is 3.46. The van der Waals surface area contributed by atoms with Crippen molar-refractivity contribution in [3.8, 4) is 0 Å². The van der Waals surface area contributed by atoms with Crippen molar-refractivity contribution in [1.82, 2.24) is 5.32 Å². The number of hydrogen-bond acceptors (Lipinski definition) is 3. The number of aryl methyl sites for hydroxylation is 2. The van der Waals surface area contributed by atoms with Gasteiger partial charge in [0.2, 0.25) is 0 Å². The van der Waals surface area contributed by atoms with Crippen molar-refractivity contribution in [1.29, 1.82) is 0 Å². The summed E-state index contributed by atoms with van der Waals surface area (Å²) in [6, 6.07) is 8.22. The number of benzene rings is 1. The van der Waals surface area contributed by atoms with Crippen LogP contribution in [0.2, 0.25) is 0 Å². The molecule has 0 fully saturated rings. The van der Waals surface area contributed by atoms with Crippen molar-refractivity contribution in [2.45, 2.75) is 26.3 Å². The van der Waals surface area contributed by atoms with Crippen LogP contribution in [0.25, 0.3) is 0 Å². The zero-order valence-electron chi connectivity index (χ0n) is 12.2. The van der Waals surface area contributed by atoms with Gasteiger partial charge in [-0.3, -0.25) is 9.59 Å². The molecule has 1 heterocycles. The molecule has 0 aliphatic carbocycles. The van der Waals surface area contributed by atoms with Gasteiger partial charge in [0.25, 0.3) is 5.91 Å². The van der Waals surface area contributed by atoms with E-state index < -0.39 is 12.0 Å². The third kappa shape index (κ3) is 3.98. The predicted octanol–water partition coefficient (Wildman–Crippen LogP) is 3.60. The van der Waals surface area contributed by atoms with E-state index in [0.29, 0.717) is 17.1 Å². The van der Waals surface area contributed by atoms with Crippen LogP contribution >= 0.6 is 15.9 Å². The molecule has 1 aromatic carbocycles. The summed E-state index contributed by atoms with van der Waals surface area (Å²) in [6.07, 6.45) is -0.191. The third-order valence-corrected chi connectivity index (χ3v) is 3.77. The third-order valence-electron chi connectivity index (χ3n) is 3.24. The fourth-order valence-electron chi connectivity index (χ4n) is 2.21. The van der Waals surface area contributed by atoms with Crippen molar-refractivity contribution < 1.29 is 19.1 Å². The smallest absolute Gasteiger partial charge is 0.305 e. The highest BCUT2D eigenvalue weighted by atomic mass is 79.9. The van der Waals surface area contributed by atoms with Crippen LogP contribution in [0.4, 0.5) is 0 Å². The van der Waals surface area contributed by atoms with Gasteiger partial charge in [-0.05, 0) is 37.6 Å². The summed E-state index contributed by atoms with van der Waals surface area (Å²) in [5, 5.41) is 11.8. The Hall–Kier alpha value is -2.08. The van der Waals surface area contributed by atoms with Crippen molar-refractivity contribution in [2.24, 2.45) is 0 Å². The van der Waals surface area contributed by atoms with E-state index in [0.717, 1.165) is 10.0 Å². The number of aliphatic carboxylic acids is 1. The number of nitrogens with one attached hydrogen (secondary N) is 1. The van der Waals surface area contributed by atoms with E-state index in [1.807, 2.05) is 12.1 Å². The van der Waals surface area contributed by atoms with Crippen molar-refractivity contribution in [3.05, 3.63) is 57.5 Å². The number of hydrogen-bond donors (Lipinski definition) is 2. The highest BCUT2D eigenvalue weighted by Crippen LogP contribution is 2.21. The summed E-state index contributed by atoms with van der Waals surface area (Å²) in [7, 11) is 0. The molecule has 0 bridgehead atoms. The summed E-state index contributed by atoms with van der Waals surface area (Å²) < 4.78 is 6.22. The average molecular weight is 366 g/mol. The minimum atomic E-state index is -0.978. The van der Waals surface area contributed by atoms with Crippen molar-refractivity contribution in [3.63, 3.8) is 0 Å². The number of carbonyl (C=O) groups is 2. The van der Waals surface area contributed by atoms with Gasteiger partial charge in [0, 0.05) is 4.47 Å². The number of halogens is 1. The Morgan fingerprint density at radius 3 is 2.41 bits per heavy atom. The number of carbonyl (C=O) groups excluding carboxylic acids is 1. The molecule has 0 saturated carbocycles.